The van der Waals surface area contributed by atoms with Crippen LogP contribution in [0.2, 0.25) is 0 Å². The summed E-state index contributed by atoms with van der Waals surface area (Å²) in [6, 6.07) is 0. The van der Waals surface area contributed by atoms with Gasteiger partial charge in [0.1, 0.15) is 0 Å². The quantitative estimate of drug-likeness (QED) is 0.635. The zero-order chi connectivity index (χ0) is 14.1. The van der Waals surface area contributed by atoms with Gasteiger partial charge in [-0.1, -0.05) is 13.5 Å². The van der Waals surface area contributed by atoms with Crippen LogP contribution in [0.3, 0.4) is 0 Å². The maximum absolute atomic E-state index is 10.1. The Hall–Kier alpha value is -0.420. The third-order valence-corrected chi connectivity index (χ3v) is 5.87. The SMILES string of the molecule is C=C(C)C(O)OC12CC3CC1C1(OCC(C)CO1)C3C2. The van der Waals surface area contributed by atoms with Gasteiger partial charge >= 0.3 is 0 Å². The zero-order valence-electron chi connectivity index (χ0n) is 12.3. The van der Waals surface area contributed by atoms with Crippen molar-refractivity contribution in [2.24, 2.45) is 23.7 Å². The Morgan fingerprint density at radius 3 is 2.65 bits per heavy atom. The molecule has 112 valence electrons. The molecular weight excluding hydrogens is 256 g/mol. The second-order valence-electron chi connectivity index (χ2n) is 7.39. The average molecular weight is 280 g/mol. The minimum atomic E-state index is -0.868. The van der Waals surface area contributed by atoms with Crippen molar-refractivity contribution in [1.82, 2.24) is 0 Å². The molecule has 5 atom stereocenters. The van der Waals surface area contributed by atoms with Crippen LogP contribution in [0.1, 0.15) is 33.1 Å². The van der Waals surface area contributed by atoms with E-state index in [-0.39, 0.29) is 11.5 Å². The van der Waals surface area contributed by atoms with Crippen LogP contribution in [-0.2, 0) is 14.2 Å². The van der Waals surface area contributed by atoms with Crippen molar-refractivity contribution in [3.63, 3.8) is 0 Å². The second-order valence-corrected chi connectivity index (χ2v) is 7.39. The minimum Gasteiger partial charge on any atom is -0.364 e. The Balaban J connectivity index is 1.59. The number of hydrogen-bond acceptors (Lipinski definition) is 4. The van der Waals surface area contributed by atoms with Gasteiger partial charge in [0.25, 0.3) is 0 Å². The van der Waals surface area contributed by atoms with Gasteiger partial charge < -0.3 is 19.3 Å². The fourth-order valence-electron chi connectivity index (χ4n) is 5.07. The Bertz CT molecular complexity index is 440. The fourth-order valence-corrected chi connectivity index (χ4v) is 5.07. The topological polar surface area (TPSA) is 47.9 Å². The molecular formula is C16H24O4. The first-order chi connectivity index (χ1) is 9.47. The summed E-state index contributed by atoms with van der Waals surface area (Å²) in [7, 11) is 0. The Morgan fingerprint density at radius 2 is 2.05 bits per heavy atom. The third kappa shape index (κ3) is 1.51. The third-order valence-electron chi connectivity index (χ3n) is 5.87. The molecule has 4 heteroatoms. The molecule has 1 spiro atoms. The molecule has 0 aromatic heterocycles. The van der Waals surface area contributed by atoms with Gasteiger partial charge in [0.05, 0.1) is 18.8 Å². The monoisotopic (exact) mass is 280 g/mol. The van der Waals surface area contributed by atoms with E-state index in [4.69, 9.17) is 14.2 Å². The van der Waals surface area contributed by atoms with E-state index in [1.54, 1.807) is 6.92 Å². The van der Waals surface area contributed by atoms with Crippen molar-refractivity contribution < 1.29 is 19.3 Å². The lowest BCUT2D eigenvalue weighted by atomic mass is 9.89. The molecule has 5 unspecified atom stereocenters. The molecule has 1 N–H and O–H groups in total. The molecule has 0 amide bonds. The summed E-state index contributed by atoms with van der Waals surface area (Å²) >= 11 is 0. The Kier molecular flexibility index (Phi) is 2.70. The molecule has 5 rings (SSSR count). The van der Waals surface area contributed by atoms with Crippen molar-refractivity contribution in [2.75, 3.05) is 13.2 Å². The van der Waals surface area contributed by atoms with Gasteiger partial charge in [-0.15, -0.1) is 0 Å². The van der Waals surface area contributed by atoms with Crippen molar-refractivity contribution in [1.29, 1.82) is 0 Å². The summed E-state index contributed by atoms with van der Waals surface area (Å²) in [5.41, 5.74) is 0.411. The Morgan fingerprint density at radius 1 is 1.35 bits per heavy atom. The highest BCUT2D eigenvalue weighted by atomic mass is 16.7. The molecule has 5 fully saturated rings. The van der Waals surface area contributed by atoms with E-state index >= 15 is 0 Å². The van der Waals surface area contributed by atoms with E-state index in [9.17, 15) is 5.11 Å². The maximum Gasteiger partial charge on any atom is 0.177 e. The number of aliphatic hydroxyl groups excluding tert-OH is 1. The van der Waals surface area contributed by atoms with E-state index in [0.717, 1.165) is 32.5 Å². The molecule has 1 heterocycles. The summed E-state index contributed by atoms with van der Waals surface area (Å²) in [4.78, 5) is 0. The predicted octanol–water partition coefficient (Wildman–Crippen LogP) is 2.08. The smallest absolute Gasteiger partial charge is 0.177 e. The van der Waals surface area contributed by atoms with Crippen molar-refractivity contribution >= 4 is 0 Å². The van der Waals surface area contributed by atoms with Gasteiger partial charge in [0.15, 0.2) is 12.1 Å². The summed E-state index contributed by atoms with van der Waals surface area (Å²) in [5.74, 6) is 1.38. The minimum absolute atomic E-state index is 0.256. The predicted molar refractivity (Wildman–Crippen MR) is 72.8 cm³/mol. The van der Waals surface area contributed by atoms with Gasteiger partial charge in [-0.05, 0) is 37.7 Å². The summed E-state index contributed by atoms with van der Waals surface area (Å²) in [6.45, 7) is 9.30. The van der Waals surface area contributed by atoms with E-state index in [0.29, 0.717) is 23.3 Å². The van der Waals surface area contributed by atoms with Crippen LogP contribution in [0.5, 0.6) is 0 Å². The molecule has 0 aromatic carbocycles. The molecule has 4 aliphatic carbocycles. The number of hydrogen-bond donors (Lipinski definition) is 1. The standard InChI is InChI=1S/C16H24O4/c1-9(2)14(17)20-15-5-11-4-13(15)16(12(11)6-15)18-7-10(3)8-19-16/h10-14,17H,1,4-8H2,2-3H3. The number of rotatable bonds is 3. The Labute approximate surface area is 120 Å². The zero-order valence-corrected chi connectivity index (χ0v) is 12.3. The van der Waals surface area contributed by atoms with Crippen molar-refractivity contribution in [2.45, 2.75) is 50.8 Å². The molecule has 20 heavy (non-hydrogen) atoms. The van der Waals surface area contributed by atoms with E-state index in [1.807, 2.05) is 0 Å². The van der Waals surface area contributed by atoms with Crippen LogP contribution in [0.15, 0.2) is 12.2 Å². The fraction of sp³-hybridized carbons (Fsp3) is 0.875. The molecule has 0 aromatic rings. The molecule has 1 aliphatic heterocycles. The first-order valence-corrected chi connectivity index (χ1v) is 7.76. The van der Waals surface area contributed by atoms with Crippen LogP contribution < -0.4 is 0 Å². The van der Waals surface area contributed by atoms with Crippen LogP contribution in [0, 0.1) is 23.7 Å². The molecule has 4 bridgehead atoms. The molecule has 0 radical (unpaired) electrons. The lowest BCUT2D eigenvalue weighted by molar-refractivity contribution is -0.323. The summed E-state index contributed by atoms with van der Waals surface area (Å²) < 4.78 is 18.4. The number of ether oxygens (including phenoxy) is 3. The van der Waals surface area contributed by atoms with E-state index in [1.165, 1.54) is 0 Å². The summed E-state index contributed by atoms with van der Waals surface area (Å²) in [5, 5.41) is 10.1. The molecule has 4 nitrogen and oxygen atoms in total. The van der Waals surface area contributed by atoms with Gasteiger partial charge in [-0.3, -0.25) is 0 Å². The van der Waals surface area contributed by atoms with E-state index < -0.39 is 12.1 Å². The van der Waals surface area contributed by atoms with Crippen LogP contribution in [0.25, 0.3) is 0 Å². The largest absolute Gasteiger partial charge is 0.364 e. The van der Waals surface area contributed by atoms with Crippen molar-refractivity contribution in [3.8, 4) is 0 Å². The average Bonchev–Trinajstić information content (AvgIpc) is 3.07. The lowest BCUT2D eigenvalue weighted by Gasteiger charge is -2.44. The highest BCUT2D eigenvalue weighted by Crippen LogP contribution is 2.72. The van der Waals surface area contributed by atoms with Crippen LogP contribution in [-0.4, -0.2) is 36.0 Å². The van der Waals surface area contributed by atoms with E-state index in [2.05, 4.69) is 13.5 Å². The van der Waals surface area contributed by atoms with Gasteiger partial charge in [-0.2, -0.15) is 0 Å². The van der Waals surface area contributed by atoms with Crippen molar-refractivity contribution in [3.05, 3.63) is 12.2 Å². The highest BCUT2D eigenvalue weighted by molar-refractivity contribution is 5.23. The maximum atomic E-state index is 10.1. The number of aliphatic hydroxyl groups is 1. The molecule has 5 aliphatic rings. The highest BCUT2D eigenvalue weighted by Gasteiger charge is 2.78. The van der Waals surface area contributed by atoms with Gasteiger partial charge in [0.2, 0.25) is 0 Å². The second kappa shape index (κ2) is 4.07. The first-order valence-electron chi connectivity index (χ1n) is 7.76. The first kappa shape index (κ1) is 13.3. The van der Waals surface area contributed by atoms with Gasteiger partial charge in [0, 0.05) is 17.8 Å². The normalized spacial score (nSPS) is 54.0. The summed E-state index contributed by atoms with van der Waals surface area (Å²) in [6.07, 6.45) is 2.24. The van der Waals surface area contributed by atoms with Crippen LogP contribution >= 0.6 is 0 Å². The van der Waals surface area contributed by atoms with Gasteiger partial charge in [-0.25, -0.2) is 0 Å². The van der Waals surface area contributed by atoms with Crippen LogP contribution in [0.4, 0.5) is 0 Å². The molecule has 1 saturated heterocycles. The lowest BCUT2D eigenvalue weighted by Crippen LogP contribution is -2.53. The molecule has 4 saturated carbocycles.